The monoisotopic (exact) mass is 210 g/mol. The molecule has 0 atom stereocenters. The summed E-state index contributed by atoms with van der Waals surface area (Å²) in [5.74, 6) is -0.175. The zero-order valence-electron chi connectivity index (χ0n) is 6.96. The Morgan fingerprint density at radius 2 is 1.75 bits per heavy atom. The Hall–Kier alpha value is 0.01000. The smallest absolute Gasteiger partial charge is 0.255 e. The number of carbonyl (C=O) groups is 1. The van der Waals surface area contributed by atoms with Crippen molar-refractivity contribution in [1.29, 1.82) is 0 Å². The molecule has 1 rings (SSSR count). The molecule has 0 spiro atoms. The van der Waals surface area contributed by atoms with Crippen molar-refractivity contribution in [3.63, 3.8) is 0 Å². The first-order chi connectivity index (χ1) is 5.61. The van der Waals surface area contributed by atoms with Crippen LogP contribution in [0.5, 0.6) is 0 Å². The molecular formula is C7H12Cl2N2O. The van der Waals surface area contributed by atoms with Crippen LogP contribution in [0.3, 0.4) is 0 Å². The van der Waals surface area contributed by atoms with Crippen molar-refractivity contribution in [2.75, 3.05) is 33.2 Å². The molecule has 70 valence electrons. The third kappa shape index (κ3) is 2.51. The Morgan fingerprint density at radius 1 is 1.25 bits per heavy atom. The van der Waals surface area contributed by atoms with Gasteiger partial charge in [-0.05, 0) is 7.05 Å². The van der Waals surface area contributed by atoms with Gasteiger partial charge in [-0.1, -0.05) is 23.2 Å². The van der Waals surface area contributed by atoms with Gasteiger partial charge in [0.1, 0.15) is 0 Å². The molecule has 0 aromatic carbocycles. The second-order valence-electron chi connectivity index (χ2n) is 2.93. The number of halogens is 2. The number of hydrogen-bond acceptors (Lipinski definition) is 2. The minimum Gasteiger partial charge on any atom is -0.338 e. The van der Waals surface area contributed by atoms with Gasteiger partial charge in [-0.15, -0.1) is 0 Å². The van der Waals surface area contributed by atoms with Crippen molar-refractivity contribution in [3.8, 4) is 0 Å². The molecule has 0 radical (unpaired) electrons. The van der Waals surface area contributed by atoms with E-state index in [1.807, 2.05) is 7.05 Å². The summed E-state index contributed by atoms with van der Waals surface area (Å²) in [7, 11) is 2.03. The Kier molecular flexibility index (Phi) is 3.62. The first-order valence-electron chi connectivity index (χ1n) is 3.86. The summed E-state index contributed by atoms with van der Waals surface area (Å²) in [6.07, 6.45) is 0. The van der Waals surface area contributed by atoms with Gasteiger partial charge in [-0.25, -0.2) is 0 Å². The van der Waals surface area contributed by atoms with E-state index >= 15 is 0 Å². The van der Waals surface area contributed by atoms with Gasteiger partial charge in [-0.3, -0.25) is 4.79 Å². The van der Waals surface area contributed by atoms with E-state index in [4.69, 9.17) is 23.2 Å². The van der Waals surface area contributed by atoms with Crippen LogP contribution < -0.4 is 0 Å². The number of piperazine rings is 1. The Morgan fingerprint density at radius 3 is 2.17 bits per heavy atom. The number of nitrogens with zero attached hydrogens (tertiary/aromatic N) is 2. The highest BCUT2D eigenvalue weighted by Gasteiger charge is 2.23. The lowest BCUT2D eigenvalue weighted by Crippen LogP contribution is -2.48. The molecular weight excluding hydrogens is 199 g/mol. The van der Waals surface area contributed by atoms with Crippen LogP contribution in [0.4, 0.5) is 0 Å². The zero-order chi connectivity index (χ0) is 9.14. The van der Waals surface area contributed by atoms with Crippen LogP contribution in [0.25, 0.3) is 0 Å². The lowest BCUT2D eigenvalue weighted by Gasteiger charge is -2.32. The molecule has 12 heavy (non-hydrogen) atoms. The van der Waals surface area contributed by atoms with Crippen LogP contribution >= 0.6 is 23.2 Å². The van der Waals surface area contributed by atoms with Gasteiger partial charge < -0.3 is 9.80 Å². The number of amides is 1. The molecule has 1 saturated heterocycles. The second-order valence-corrected chi connectivity index (χ2v) is 4.03. The molecule has 1 heterocycles. The molecule has 0 saturated carbocycles. The van der Waals surface area contributed by atoms with Gasteiger partial charge >= 0.3 is 0 Å². The molecule has 0 unspecified atom stereocenters. The molecule has 1 amide bonds. The minimum absolute atomic E-state index is 0.175. The largest absolute Gasteiger partial charge is 0.338 e. The number of carbonyl (C=O) groups excluding carboxylic acids is 1. The predicted octanol–water partition coefficient (Wildman–Crippen LogP) is 0.564. The van der Waals surface area contributed by atoms with Crippen molar-refractivity contribution in [2.45, 2.75) is 4.84 Å². The Labute approximate surface area is 82.2 Å². The maximum atomic E-state index is 11.2. The maximum absolute atomic E-state index is 11.2. The normalized spacial score (nSPS) is 20.2. The fraction of sp³-hybridized carbons (Fsp3) is 0.857. The third-order valence-electron chi connectivity index (χ3n) is 2.00. The average Bonchev–Trinajstić information content (AvgIpc) is 2.04. The first-order valence-corrected chi connectivity index (χ1v) is 4.74. The van der Waals surface area contributed by atoms with E-state index in [0.29, 0.717) is 0 Å². The minimum atomic E-state index is -0.909. The van der Waals surface area contributed by atoms with Gasteiger partial charge in [0.25, 0.3) is 5.91 Å². The highest BCUT2D eigenvalue weighted by atomic mass is 35.5. The van der Waals surface area contributed by atoms with Crippen LogP contribution in [-0.4, -0.2) is 53.8 Å². The van der Waals surface area contributed by atoms with E-state index in [9.17, 15) is 4.79 Å². The lowest BCUT2D eigenvalue weighted by molar-refractivity contribution is -0.130. The van der Waals surface area contributed by atoms with Crippen molar-refractivity contribution >= 4 is 29.1 Å². The number of likely N-dealkylation sites (N-methyl/N-ethyl adjacent to an activating group) is 1. The average molecular weight is 211 g/mol. The highest BCUT2D eigenvalue weighted by Crippen LogP contribution is 2.09. The summed E-state index contributed by atoms with van der Waals surface area (Å²) in [6.45, 7) is 3.25. The molecule has 0 aromatic heterocycles. The van der Waals surface area contributed by atoms with Gasteiger partial charge in [0.2, 0.25) is 0 Å². The molecule has 5 heteroatoms. The van der Waals surface area contributed by atoms with Crippen molar-refractivity contribution < 1.29 is 4.79 Å². The predicted molar refractivity (Wildman–Crippen MR) is 49.6 cm³/mol. The molecule has 1 aliphatic rings. The fourth-order valence-electron chi connectivity index (χ4n) is 1.16. The van der Waals surface area contributed by atoms with Crippen LogP contribution in [-0.2, 0) is 4.79 Å². The molecule has 0 aliphatic carbocycles. The van der Waals surface area contributed by atoms with Crippen molar-refractivity contribution in [1.82, 2.24) is 9.80 Å². The summed E-state index contributed by atoms with van der Waals surface area (Å²) in [5.41, 5.74) is 0. The van der Waals surface area contributed by atoms with Crippen LogP contribution in [0, 0.1) is 0 Å². The molecule has 0 aromatic rings. The van der Waals surface area contributed by atoms with Gasteiger partial charge in [0.05, 0.1) is 0 Å². The highest BCUT2D eigenvalue weighted by molar-refractivity contribution is 6.53. The van der Waals surface area contributed by atoms with Gasteiger partial charge in [0.15, 0.2) is 4.84 Å². The number of rotatable bonds is 1. The van der Waals surface area contributed by atoms with E-state index < -0.39 is 4.84 Å². The Bertz CT molecular complexity index is 167. The summed E-state index contributed by atoms with van der Waals surface area (Å²) in [4.78, 5) is 14.2. The van der Waals surface area contributed by atoms with E-state index in [1.54, 1.807) is 4.90 Å². The van der Waals surface area contributed by atoms with Crippen molar-refractivity contribution in [2.24, 2.45) is 0 Å². The van der Waals surface area contributed by atoms with E-state index in [0.717, 1.165) is 26.2 Å². The summed E-state index contributed by atoms with van der Waals surface area (Å²) < 4.78 is 0. The summed E-state index contributed by atoms with van der Waals surface area (Å²) in [6, 6.07) is 0. The second kappa shape index (κ2) is 4.30. The molecule has 3 nitrogen and oxygen atoms in total. The van der Waals surface area contributed by atoms with Crippen LogP contribution in [0.2, 0.25) is 0 Å². The Balaban J connectivity index is 2.39. The lowest BCUT2D eigenvalue weighted by atomic mass is 10.3. The van der Waals surface area contributed by atoms with Gasteiger partial charge in [0, 0.05) is 26.2 Å². The molecule has 0 N–H and O–H groups in total. The third-order valence-corrected chi connectivity index (χ3v) is 2.37. The number of hydrogen-bond donors (Lipinski definition) is 0. The molecule has 1 fully saturated rings. The van der Waals surface area contributed by atoms with Crippen LogP contribution in [0.15, 0.2) is 0 Å². The molecule has 0 bridgehead atoms. The quantitative estimate of drug-likeness (QED) is 0.592. The van der Waals surface area contributed by atoms with E-state index in [-0.39, 0.29) is 5.91 Å². The summed E-state index contributed by atoms with van der Waals surface area (Å²) >= 11 is 10.9. The first kappa shape index (κ1) is 10.1. The van der Waals surface area contributed by atoms with Gasteiger partial charge in [-0.2, -0.15) is 0 Å². The standard InChI is InChI=1S/C7H12Cl2N2O/c1-10-2-4-11(5-3-10)7(12)6(8)9/h6H,2-5H2,1H3. The summed E-state index contributed by atoms with van der Waals surface area (Å²) in [5, 5.41) is 0. The van der Waals surface area contributed by atoms with E-state index in [2.05, 4.69) is 4.90 Å². The SMILES string of the molecule is CN1CCN(C(=O)C(Cl)Cl)CC1. The van der Waals surface area contributed by atoms with Crippen LogP contribution in [0.1, 0.15) is 0 Å². The topological polar surface area (TPSA) is 23.6 Å². The van der Waals surface area contributed by atoms with E-state index in [1.165, 1.54) is 0 Å². The fourth-order valence-corrected chi connectivity index (χ4v) is 1.44. The number of alkyl halides is 2. The van der Waals surface area contributed by atoms with Crippen molar-refractivity contribution in [3.05, 3.63) is 0 Å². The zero-order valence-corrected chi connectivity index (χ0v) is 8.48. The maximum Gasteiger partial charge on any atom is 0.255 e. The molecule has 1 aliphatic heterocycles.